The molecule has 102 valence electrons. The zero-order chi connectivity index (χ0) is 14.0. The quantitative estimate of drug-likeness (QED) is 0.922. The highest BCUT2D eigenvalue weighted by atomic mass is 19.2. The monoisotopic (exact) mass is 265 g/mol. The molecule has 0 spiro atoms. The lowest BCUT2D eigenvalue weighted by Crippen LogP contribution is -2.08. The lowest BCUT2D eigenvalue weighted by Gasteiger charge is -2.07. The van der Waals surface area contributed by atoms with Gasteiger partial charge < -0.3 is 5.73 Å². The van der Waals surface area contributed by atoms with Gasteiger partial charge in [-0.2, -0.15) is 5.10 Å². The summed E-state index contributed by atoms with van der Waals surface area (Å²) in [4.78, 5) is 0. The fraction of sp³-hybridized carbons (Fsp3) is 0.357. The molecule has 0 aliphatic carbocycles. The fourth-order valence-corrected chi connectivity index (χ4v) is 2.23. The van der Waals surface area contributed by atoms with Crippen LogP contribution in [0.25, 0.3) is 0 Å². The minimum atomic E-state index is -0.832. The van der Waals surface area contributed by atoms with Gasteiger partial charge >= 0.3 is 0 Å². The molecule has 1 heterocycles. The fourth-order valence-electron chi connectivity index (χ4n) is 2.23. The number of rotatable bonds is 4. The van der Waals surface area contributed by atoms with Crippen molar-refractivity contribution in [1.29, 1.82) is 0 Å². The van der Waals surface area contributed by atoms with Crippen LogP contribution in [0.5, 0.6) is 0 Å². The molecule has 0 aliphatic rings. The van der Waals surface area contributed by atoms with E-state index in [1.807, 2.05) is 13.8 Å². The number of halogens is 2. The average Bonchev–Trinajstić information content (AvgIpc) is 2.63. The van der Waals surface area contributed by atoms with E-state index >= 15 is 0 Å². The Bertz CT molecular complexity index is 591. The third-order valence-corrected chi connectivity index (χ3v) is 3.28. The molecule has 3 nitrogen and oxygen atoms in total. The summed E-state index contributed by atoms with van der Waals surface area (Å²) in [5.41, 5.74) is 8.78. The Morgan fingerprint density at radius 1 is 1.26 bits per heavy atom. The van der Waals surface area contributed by atoms with Crippen LogP contribution < -0.4 is 5.73 Å². The molecule has 5 heteroatoms. The summed E-state index contributed by atoms with van der Waals surface area (Å²) < 4.78 is 28.5. The van der Waals surface area contributed by atoms with Gasteiger partial charge in [-0.15, -0.1) is 0 Å². The molecule has 0 bridgehead atoms. The summed E-state index contributed by atoms with van der Waals surface area (Å²) in [6.07, 6.45) is 0.739. The summed E-state index contributed by atoms with van der Waals surface area (Å²) in [5, 5.41) is 4.37. The van der Waals surface area contributed by atoms with Crippen molar-refractivity contribution in [2.24, 2.45) is 5.73 Å². The van der Waals surface area contributed by atoms with Gasteiger partial charge in [0.05, 0.1) is 12.2 Å². The summed E-state index contributed by atoms with van der Waals surface area (Å²) in [5.74, 6) is -1.64. The minimum absolute atomic E-state index is 0.223. The maximum Gasteiger partial charge on any atom is 0.163 e. The number of nitrogens with zero attached hydrogens (tertiary/aromatic N) is 2. The van der Waals surface area contributed by atoms with Gasteiger partial charge in [0.2, 0.25) is 0 Å². The first-order chi connectivity index (χ1) is 9.04. The summed E-state index contributed by atoms with van der Waals surface area (Å²) in [7, 11) is 0. The highest BCUT2D eigenvalue weighted by Crippen LogP contribution is 2.17. The minimum Gasteiger partial charge on any atom is -0.330 e. The van der Waals surface area contributed by atoms with Crippen molar-refractivity contribution in [3.8, 4) is 0 Å². The number of nitrogens with two attached hydrogens (primary N) is 1. The zero-order valence-electron chi connectivity index (χ0n) is 11.1. The van der Waals surface area contributed by atoms with Crippen molar-refractivity contribution in [2.75, 3.05) is 6.54 Å². The van der Waals surface area contributed by atoms with Crippen molar-refractivity contribution < 1.29 is 8.78 Å². The third kappa shape index (κ3) is 2.66. The Labute approximate surface area is 111 Å². The van der Waals surface area contributed by atoms with Gasteiger partial charge in [0.15, 0.2) is 11.6 Å². The van der Waals surface area contributed by atoms with Crippen LogP contribution in [0.1, 0.15) is 22.5 Å². The van der Waals surface area contributed by atoms with Crippen LogP contribution in [0.15, 0.2) is 18.2 Å². The van der Waals surface area contributed by atoms with E-state index in [4.69, 9.17) is 5.73 Å². The highest BCUT2D eigenvalue weighted by molar-refractivity contribution is 5.27. The number of aryl methyl sites for hydroxylation is 1. The van der Waals surface area contributed by atoms with E-state index in [1.165, 1.54) is 6.07 Å². The standard InChI is InChI=1S/C14H17F2N3/c1-9-12(6-7-17)10(2)19(18-9)8-11-4-3-5-13(15)14(11)16/h3-5H,6-8,17H2,1-2H3. The maximum atomic E-state index is 13.6. The molecule has 0 unspecified atom stereocenters. The molecule has 0 aliphatic heterocycles. The predicted molar refractivity (Wildman–Crippen MR) is 69.9 cm³/mol. The molecule has 0 fully saturated rings. The van der Waals surface area contributed by atoms with Crippen LogP contribution in [0, 0.1) is 25.5 Å². The average molecular weight is 265 g/mol. The Balaban J connectivity index is 2.34. The SMILES string of the molecule is Cc1nn(Cc2cccc(F)c2F)c(C)c1CCN. The molecule has 0 atom stereocenters. The van der Waals surface area contributed by atoms with Gasteiger partial charge in [0.1, 0.15) is 0 Å². The van der Waals surface area contributed by atoms with Crippen molar-refractivity contribution in [2.45, 2.75) is 26.8 Å². The largest absolute Gasteiger partial charge is 0.330 e. The van der Waals surface area contributed by atoms with E-state index in [-0.39, 0.29) is 6.54 Å². The normalized spacial score (nSPS) is 11.0. The van der Waals surface area contributed by atoms with Crippen molar-refractivity contribution in [3.05, 3.63) is 52.3 Å². The molecule has 2 rings (SSSR count). The second kappa shape index (κ2) is 5.48. The van der Waals surface area contributed by atoms with Crippen molar-refractivity contribution in [3.63, 3.8) is 0 Å². The molecule has 1 aromatic carbocycles. The first-order valence-corrected chi connectivity index (χ1v) is 6.20. The smallest absolute Gasteiger partial charge is 0.163 e. The van der Waals surface area contributed by atoms with E-state index < -0.39 is 11.6 Å². The van der Waals surface area contributed by atoms with Gasteiger partial charge in [-0.3, -0.25) is 4.68 Å². The molecule has 0 radical (unpaired) electrons. The van der Waals surface area contributed by atoms with Crippen LogP contribution in [0.3, 0.4) is 0 Å². The zero-order valence-corrected chi connectivity index (χ0v) is 11.1. The first kappa shape index (κ1) is 13.7. The van der Waals surface area contributed by atoms with Gasteiger partial charge in [0.25, 0.3) is 0 Å². The lowest BCUT2D eigenvalue weighted by atomic mass is 10.1. The van der Waals surface area contributed by atoms with E-state index in [1.54, 1.807) is 10.7 Å². The second-order valence-electron chi connectivity index (χ2n) is 4.56. The molecule has 0 saturated heterocycles. The van der Waals surface area contributed by atoms with Gasteiger partial charge in [-0.25, -0.2) is 8.78 Å². The molecule has 2 N–H and O–H groups in total. The Kier molecular flexibility index (Phi) is 3.95. The number of hydrogen-bond donors (Lipinski definition) is 1. The number of aromatic nitrogens is 2. The number of hydrogen-bond acceptors (Lipinski definition) is 2. The van der Waals surface area contributed by atoms with Gasteiger partial charge in [-0.1, -0.05) is 12.1 Å². The molecular formula is C14H17F2N3. The summed E-state index contributed by atoms with van der Waals surface area (Å²) in [6.45, 7) is 4.58. The van der Waals surface area contributed by atoms with E-state index in [0.717, 1.165) is 29.4 Å². The van der Waals surface area contributed by atoms with Crippen LogP contribution in [0.2, 0.25) is 0 Å². The van der Waals surface area contributed by atoms with Crippen LogP contribution >= 0.6 is 0 Å². The molecular weight excluding hydrogens is 248 g/mol. The van der Waals surface area contributed by atoms with Crippen LogP contribution in [-0.2, 0) is 13.0 Å². The molecule has 2 aromatic rings. The maximum absolute atomic E-state index is 13.6. The van der Waals surface area contributed by atoms with Crippen molar-refractivity contribution >= 4 is 0 Å². The van der Waals surface area contributed by atoms with E-state index in [2.05, 4.69) is 5.10 Å². The van der Waals surface area contributed by atoms with Gasteiger partial charge in [0, 0.05) is 11.3 Å². The first-order valence-electron chi connectivity index (χ1n) is 6.20. The summed E-state index contributed by atoms with van der Waals surface area (Å²) in [6, 6.07) is 4.18. The number of benzene rings is 1. The Morgan fingerprint density at radius 2 is 2.00 bits per heavy atom. The third-order valence-electron chi connectivity index (χ3n) is 3.28. The van der Waals surface area contributed by atoms with Crippen molar-refractivity contribution in [1.82, 2.24) is 9.78 Å². The summed E-state index contributed by atoms with van der Waals surface area (Å²) >= 11 is 0. The molecule has 0 saturated carbocycles. The Morgan fingerprint density at radius 3 is 2.68 bits per heavy atom. The highest BCUT2D eigenvalue weighted by Gasteiger charge is 2.13. The molecule has 0 amide bonds. The Hall–Kier alpha value is -1.75. The van der Waals surface area contributed by atoms with E-state index in [9.17, 15) is 8.78 Å². The van der Waals surface area contributed by atoms with Gasteiger partial charge in [-0.05, 0) is 38.4 Å². The predicted octanol–water partition coefficient (Wildman–Crippen LogP) is 2.33. The van der Waals surface area contributed by atoms with E-state index in [0.29, 0.717) is 12.1 Å². The lowest BCUT2D eigenvalue weighted by molar-refractivity contribution is 0.490. The topological polar surface area (TPSA) is 43.8 Å². The molecule has 1 aromatic heterocycles. The van der Waals surface area contributed by atoms with Crippen LogP contribution in [0.4, 0.5) is 8.78 Å². The molecule has 19 heavy (non-hydrogen) atoms. The second-order valence-corrected chi connectivity index (χ2v) is 4.56. The van der Waals surface area contributed by atoms with Crippen LogP contribution in [-0.4, -0.2) is 16.3 Å².